The van der Waals surface area contributed by atoms with E-state index in [4.69, 9.17) is 4.74 Å². The standard InChI is InChI=1S/C14H18BrNO2/c1-3-12-10(7-8-18-12)14(17)16-11-6-4-5-9(2)13(11)15/h4-6,10,12H,3,7-8H2,1-2H3,(H,16,17). The second-order valence-corrected chi connectivity index (χ2v) is 5.43. The van der Waals surface area contributed by atoms with Gasteiger partial charge in [0.05, 0.1) is 17.7 Å². The molecule has 2 unspecified atom stereocenters. The van der Waals surface area contributed by atoms with Crippen molar-refractivity contribution in [3.63, 3.8) is 0 Å². The number of hydrogen-bond acceptors (Lipinski definition) is 2. The van der Waals surface area contributed by atoms with Crippen molar-refractivity contribution in [2.45, 2.75) is 32.8 Å². The molecule has 0 radical (unpaired) electrons. The molecule has 1 fully saturated rings. The van der Waals surface area contributed by atoms with Crippen LogP contribution in [-0.2, 0) is 9.53 Å². The van der Waals surface area contributed by atoms with E-state index >= 15 is 0 Å². The molecule has 2 atom stereocenters. The monoisotopic (exact) mass is 311 g/mol. The fraction of sp³-hybridized carbons (Fsp3) is 0.500. The lowest BCUT2D eigenvalue weighted by molar-refractivity contribution is -0.121. The summed E-state index contributed by atoms with van der Waals surface area (Å²) in [6, 6.07) is 5.86. The summed E-state index contributed by atoms with van der Waals surface area (Å²) in [5, 5.41) is 2.99. The van der Waals surface area contributed by atoms with Crippen LogP contribution in [0.15, 0.2) is 22.7 Å². The van der Waals surface area contributed by atoms with Crippen LogP contribution in [0.2, 0.25) is 0 Å². The lowest BCUT2D eigenvalue weighted by Gasteiger charge is -2.17. The van der Waals surface area contributed by atoms with Gasteiger partial charge in [0.2, 0.25) is 5.91 Å². The smallest absolute Gasteiger partial charge is 0.230 e. The summed E-state index contributed by atoms with van der Waals surface area (Å²) >= 11 is 3.50. The Labute approximate surface area is 116 Å². The van der Waals surface area contributed by atoms with Crippen molar-refractivity contribution in [2.75, 3.05) is 11.9 Å². The molecular formula is C14H18BrNO2. The van der Waals surface area contributed by atoms with Gasteiger partial charge in [0, 0.05) is 11.1 Å². The molecule has 2 rings (SSSR count). The Bertz CT molecular complexity index is 447. The predicted molar refractivity (Wildman–Crippen MR) is 75.6 cm³/mol. The van der Waals surface area contributed by atoms with E-state index in [0.29, 0.717) is 6.61 Å². The summed E-state index contributed by atoms with van der Waals surface area (Å²) in [5.74, 6) is 0.0352. The molecule has 1 heterocycles. The molecule has 0 aromatic heterocycles. The van der Waals surface area contributed by atoms with E-state index in [1.54, 1.807) is 0 Å². The Kier molecular flexibility index (Phi) is 4.40. The van der Waals surface area contributed by atoms with Crippen LogP contribution in [0.1, 0.15) is 25.3 Å². The van der Waals surface area contributed by atoms with E-state index < -0.39 is 0 Å². The maximum absolute atomic E-state index is 12.2. The fourth-order valence-corrected chi connectivity index (χ4v) is 2.68. The SMILES string of the molecule is CCC1OCCC1C(=O)Nc1cccc(C)c1Br. The number of aryl methyl sites for hydroxylation is 1. The zero-order chi connectivity index (χ0) is 13.1. The van der Waals surface area contributed by atoms with Gasteiger partial charge in [-0.15, -0.1) is 0 Å². The minimum absolute atomic E-state index is 0.0255. The van der Waals surface area contributed by atoms with Crippen LogP contribution in [0.25, 0.3) is 0 Å². The van der Waals surface area contributed by atoms with Crippen LogP contribution in [0.3, 0.4) is 0 Å². The highest BCUT2D eigenvalue weighted by atomic mass is 79.9. The van der Waals surface area contributed by atoms with Crippen molar-refractivity contribution in [3.05, 3.63) is 28.2 Å². The zero-order valence-electron chi connectivity index (χ0n) is 10.7. The van der Waals surface area contributed by atoms with Gasteiger partial charge in [-0.2, -0.15) is 0 Å². The van der Waals surface area contributed by atoms with E-state index in [1.807, 2.05) is 25.1 Å². The number of hydrogen-bond donors (Lipinski definition) is 1. The second kappa shape index (κ2) is 5.85. The van der Waals surface area contributed by atoms with Crippen LogP contribution in [0, 0.1) is 12.8 Å². The topological polar surface area (TPSA) is 38.3 Å². The summed E-state index contributed by atoms with van der Waals surface area (Å²) in [6.07, 6.45) is 1.76. The minimum atomic E-state index is -0.0255. The van der Waals surface area contributed by atoms with E-state index in [9.17, 15) is 4.79 Å². The molecule has 1 aromatic carbocycles. The predicted octanol–water partition coefficient (Wildman–Crippen LogP) is 3.51. The summed E-state index contributed by atoms with van der Waals surface area (Å²) in [5.41, 5.74) is 1.95. The van der Waals surface area contributed by atoms with Crippen LogP contribution in [-0.4, -0.2) is 18.6 Å². The van der Waals surface area contributed by atoms with Crippen LogP contribution in [0.4, 0.5) is 5.69 Å². The first-order valence-corrected chi connectivity index (χ1v) is 7.10. The van der Waals surface area contributed by atoms with Crippen LogP contribution >= 0.6 is 15.9 Å². The third-order valence-corrected chi connectivity index (χ3v) is 4.45. The lowest BCUT2D eigenvalue weighted by atomic mass is 9.98. The van der Waals surface area contributed by atoms with E-state index in [-0.39, 0.29) is 17.9 Å². The van der Waals surface area contributed by atoms with Gasteiger partial charge < -0.3 is 10.1 Å². The molecule has 0 spiro atoms. The van der Waals surface area contributed by atoms with Crippen molar-refractivity contribution < 1.29 is 9.53 Å². The summed E-state index contributed by atoms with van der Waals surface area (Å²) in [6.45, 7) is 4.75. The molecular weight excluding hydrogens is 294 g/mol. The molecule has 18 heavy (non-hydrogen) atoms. The van der Waals surface area contributed by atoms with Crippen molar-refractivity contribution in [3.8, 4) is 0 Å². The van der Waals surface area contributed by atoms with Gasteiger partial charge in [0.1, 0.15) is 0 Å². The van der Waals surface area contributed by atoms with Gasteiger partial charge in [-0.1, -0.05) is 19.1 Å². The number of halogens is 1. The normalized spacial score (nSPS) is 23.1. The van der Waals surface area contributed by atoms with Crippen molar-refractivity contribution >= 4 is 27.5 Å². The van der Waals surface area contributed by atoms with Crippen LogP contribution in [0.5, 0.6) is 0 Å². The quantitative estimate of drug-likeness (QED) is 0.927. The Hall–Kier alpha value is -0.870. The fourth-order valence-electron chi connectivity index (χ4n) is 2.32. The minimum Gasteiger partial charge on any atom is -0.377 e. The molecule has 0 bridgehead atoms. The maximum Gasteiger partial charge on any atom is 0.230 e. The van der Waals surface area contributed by atoms with Gasteiger partial charge in [0.25, 0.3) is 0 Å². The molecule has 1 N–H and O–H groups in total. The Morgan fingerprint density at radius 1 is 1.56 bits per heavy atom. The van der Waals surface area contributed by atoms with Gasteiger partial charge in [-0.25, -0.2) is 0 Å². The van der Waals surface area contributed by atoms with E-state index in [2.05, 4.69) is 28.2 Å². The third-order valence-electron chi connectivity index (χ3n) is 3.40. The molecule has 98 valence electrons. The Morgan fingerprint density at radius 2 is 2.33 bits per heavy atom. The van der Waals surface area contributed by atoms with Crippen LogP contribution < -0.4 is 5.32 Å². The van der Waals surface area contributed by atoms with Crippen molar-refractivity contribution in [1.29, 1.82) is 0 Å². The number of ether oxygens (including phenoxy) is 1. The first kappa shape index (κ1) is 13.6. The molecule has 1 aliphatic heterocycles. The molecule has 1 aliphatic rings. The highest BCUT2D eigenvalue weighted by Gasteiger charge is 2.32. The molecule has 1 amide bonds. The third kappa shape index (κ3) is 2.75. The average molecular weight is 312 g/mol. The first-order chi connectivity index (χ1) is 8.63. The Balaban J connectivity index is 2.09. The zero-order valence-corrected chi connectivity index (χ0v) is 12.3. The van der Waals surface area contributed by atoms with E-state index in [0.717, 1.165) is 28.6 Å². The molecule has 1 saturated heterocycles. The van der Waals surface area contributed by atoms with Crippen molar-refractivity contribution in [2.24, 2.45) is 5.92 Å². The molecule has 3 nitrogen and oxygen atoms in total. The maximum atomic E-state index is 12.2. The number of amides is 1. The number of rotatable bonds is 3. The Morgan fingerprint density at radius 3 is 3.06 bits per heavy atom. The second-order valence-electron chi connectivity index (χ2n) is 4.64. The number of anilines is 1. The average Bonchev–Trinajstić information content (AvgIpc) is 2.83. The number of carbonyl (C=O) groups is 1. The number of carbonyl (C=O) groups excluding carboxylic acids is 1. The van der Waals surface area contributed by atoms with Gasteiger partial charge in [0.15, 0.2) is 0 Å². The highest BCUT2D eigenvalue weighted by Crippen LogP contribution is 2.29. The summed E-state index contributed by atoms with van der Waals surface area (Å²) < 4.78 is 6.50. The molecule has 4 heteroatoms. The highest BCUT2D eigenvalue weighted by molar-refractivity contribution is 9.10. The lowest BCUT2D eigenvalue weighted by Crippen LogP contribution is -2.29. The largest absolute Gasteiger partial charge is 0.377 e. The van der Waals surface area contributed by atoms with Gasteiger partial charge in [-0.05, 0) is 47.3 Å². The van der Waals surface area contributed by atoms with E-state index in [1.165, 1.54) is 0 Å². The molecule has 1 aromatic rings. The summed E-state index contributed by atoms with van der Waals surface area (Å²) in [4.78, 5) is 12.2. The van der Waals surface area contributed by atoms with Gasteiger partial charge >= 0.3 is 0 Å². The number of benzene rings is 1. The molecule has 0 aliphatic carbocycles. The van der Waals surface area contributed by atoms with Crippen molar-refractivity contribution in [1.82, 2.24) is 0 Å². The number of nitrogens with one attached hydrogen (secondary N) is 1. The first-order valence-electron chi connectivity index (χ1n) is 6.31. The van der Waals surface area contributed by atoms with Gasteiger partial charge in [-0.3, -0.25) is 4.79 Å². The molecule has 0 saturated carbocycles. The summed E-state index contributed by atoms with van der Waals surface area (Å²) in [7, 11) is 0.